The lowest BCUT2D eigenvalue weighted by molar-refractivity contribution is 0.413. The van der Waals surface area contributed by atoms with Crippen molar-refractivity contribution in [3.63, 3.8) is 0 Å². The minimum Gasteiger partial charge on any atom is -0.496 e. The number of benzene rings is 1. The van der Waals surface area contributed by atoms with E-state index in [0.29, 0.717) is 4.47 Å². The highest BCUT2D eigenvalue weighted by molar-refractivity contribution is 9.10. The van der Waals surface area contributed by atoms with E-state index in [9.17, 15) is 0 Å². The molecule has 13 heavy (non-hydrogen) atoms. The van der Waals surface area contributed by atoms with Crippen LogP contribution in [0.15, 0.2) is 16.6 Å². The molecule has 1 aromatic carbocycles. The Labute approximate surface area is 92.6 Å². The molecule has 0 N–H and O–H groups in total. The van der Waals surface area contributed by atoms with Crippen LogP contribution in [0.1, 0.15) is 0 Å². The normalized spacial score (nSPS) is 10.7. The molecule has 2 nitrogen and oxygen atoms in total. The van der Waals surface area contributed by atoms with Crippen LogP contribution in [0.3, 0.4) is 0 Å². The number of aromatic nitrogens is 1. The van der Waals surface area contributed by atoms with Crippen LogP contribution in [0.5, 0.6) is 5.75 Å². The predicted octanol–water partition coefficient (Wildman–Crippen LogP) is 3.72. The molecule has 68 valence electrons. The molecule has 0 aliphatic heterocycles. The number of thiazole rings is 1. The number of methoxy groups -OCH3 is 1. The molecule has 0 bridgehead atoms. The van der Waals surface area contributed by atoms with Crippen molar-refractivity contribution in [2.24, 2.45) is 0 Å². The Morgan fingerprint density at radius 2 is 2.31 bits per heavy atom. The SMILES string of the molecule is COc1cc2sc(Cl)nc2cc1Br. The minimum atomic E-state index is 0.551. The Balaban J connectivity index is 2.72. The van der Waals surface area contributed by atoms with Gasteiger partial charge in [-0.25, -0.2) is 4.98 Å². The van der Waals surface area contributed by atoms with E-state index in [-0.39, 0.29) is 0 Å². The third-order valence-corrected chi connectivity index (χ3v) is 3.38. The van der Waals surface area contributed by atoms with Crippen LogP contribution in [0, 0.1) is 0 Å². The summed E-state index contributed by atoms with van der Waals surface area (Å²) in [6, 6.07) is 3.82. The summed E-state index contributed by atoms with van der Waals surface area (Å²) in [5.74, 6) is 0.799. The zero-order chi connectivity index (χ0) is 9.42. The first-order valence-corrected chi connectivity index (χ1v) is 5.49. The van der Waals surface area contributed by atoms with Crippen molar-refractivity contribution in [1.82, 2.24) is 4.98 Å². The number of hydrogen-bond acceptors (Lipinski definition) is 3. The van der Waals surface area contributed by atoms with Crippen LogP contribution in [0.25, 0.3) is 10.2 Å². The number of ether oxygens (including phenoxy) is 1. The van der Waals surface area contributed by atoms with Gasteiger partial charge in [0.1, 0.15) is 5.75 Å². The maximum atomic E-state index is 5.78. The molecule has 0 aliphatic carbocycles. The summed E-state index contributed by atoms with van der Waals surface area (Å²) in [5, 5.41) is 0. The number of rotatable bonds is 1. The van der Waals surface area contributed by atoms with Crippen LogP contribution < -0.4 is 4.74 Å². The van der Waals surface area contributed by atoms with Gasteiger partial charge >= 0.3 is 0 Å². The second-order valence-electron chi connectivity index (χ2n) is 2.42. The first-order valence-electron chi connectivity index (χ1n) is 3.50. The van der Waals surface area contributed by atoms with Gasteiger partial charge in [0, 0.05) is 6.07 Å². The van der Waals surface area contributed by atoms with E-state index in [1.165, 1.54) is 11.3 Å². The third kappa shape index (κ3) is 1.66. The third-order valence-electron chi connectivity index (χ3n) is 1.64. The lowest BCUT2D eigenvalue weighted by Gasteiger charge is -2.01. The van der Waals surface area contributed by atoms with Crippen molar-refractivity contribution in [2.75, 3.05) is 7.11 Å². The average Bonchev–Trinajstić information content (AvgIpc) is 2.42. The summed E-state index contributed by atoms with van der Waals surface area (Å²) in [7, 11) is 1.63. The molecule has 5 heteroatoms. The first kappa shape index (κ1) is 9.24. The lowest BCUT2D eigenvalue weighted by atomic mass is 10.3. The molecule has 0 saturated heterocycles. The Morgan fingerprint density at radius 1 is 1.54 bits per heavy atom. The second kappa shape index (κ2) is 3.44. The predicted molar refractivity (Wildman–Crippen MR) is 58.9 cm³/mol. The molecule has 1 heterocycles. The fourth-order valence-electron chi connectivity index (χ4n) is 1.06. The van der Waals surface area contributed by atoms with E-state index in [4.69, 9.17) is 16.3 Å². The van der Waals surface area contributed by atoms with Crippen molar-refractivity contribution in [3.8, 4) is 5.75 Å². The van der Waals surface area contributed by atoms with Gasteiger partial charge in [-0.2, -0.15) is 0 Å². The summed E-state index contributed by atoms with van der Waals surface area (Å²) >= 11 is 10.6. The number of nitrogens with zero attached hydrogens (tertiary/aromatic N) is 1. The Bertz CT molecular complexity index is 457. The van der Waals surface area contributed by atoms with Crippen molar-refractivity contribution < 1.29 is 4.74 Å². The molecule has 0 radical (unpaired) electrons. The first-order chi connectivity index (χ1) is 6.20. The Kier molecular flexibility index (Phi) is 2.45. The van der Waals surface area contributed by atoms with E-state index >= 15 is 0 Å². The van der Waals surface area contributed by atoms with Crippen LogP contribution >= 0.6 is 38.9 Å². The molecule has 0 fully saturated rings. The van der Waals surface area contributed by atoms with Gasteiger partial charge in [0.2, 0.25) is 0 Å². The molecular formula is C8H5BrClNOS. The van der Waals surface area contributed by atoms with Crippen molar-refractivity contribution in [3.05, 3.63) is 21.1 Å². The quantitative estimate of drug-likeness (QED) is 0.793. The fourth-order valence-corrected chi connectivity index (χ4v) is 2.59. The van der Waals surface area contributed by atoms with Crippen molar-refractivity contribution in [2.45, 2.75) is 0 Å². The maximum absolute atomic E-state index is 5.78. The summed E-state index contributed by atoms with van der Waals surface area (Å²) in [5.41, 5.74) is 0.891. The van der Waals surface area contributed by atoms with Gasteiger partial charge in [-0.15, -0.1) is 11.3 Å². The smallest absolute Gasteiger partial charge is 0.184 e. The molecular weight excluding hydrogens is 274 g/mol. The highest BCUT2D eigenvalue weighted by Gasteiger charge is 2.06. The largest absolute Gasteiger partial charge is 0.496 e. The van der Waals surface area contributed by atoms with Gasteiger partial charge in [0.15, 0.2) is 4.47 Å². The monoisotopic (exact) mass is 277 g/mol. The van der Waals surface area contributed by atoms with Crippen LogP contribution in [0.4, 0.5) is 0 Å². The highest BCUT2D eigenvalue weighted by atomic mass is 79.9. The second-order valence-corrected chi connectivity index (χ2v) is 4.89. The molecule has 2 aromatic rings. The summed E-state index contributed by atoms with van der Waals surface area (Å²) in [6.45, 7) is 0. The molecule has 0 amide bonds. The molecule has 0 unspecified atom stereocenters. The molecule has 0 saturated carbocycles. The van der Waals surface area contributed by atoms with Gasteiger partial charge in [-0.05, 0) is 22.0 Å². The minimum absolute atomic E-state index is 0.551. The number of halogens is 2. The van der Waals surface area contributed by atoms with Crippen molar-refractivity contribution >= 4 is 49.1 Å². The molecule has 1 aromatic heterocycles. The number of hydrogen-bond donors (Lipinski definition) is 0. The standard InChI is InChI=1S/C8H5BrClNOS/c1-12-6-3-7-5(2-4(6)9)11-8(10)13-7/h2-3H,1H3. The van der Waals surface area contributed by atoms with Gasteiger partial charge in [0.05, 0.1) is 21.8 Å². The zero-order valence-corrected chi connectivity index (χ0v) is 9.83. The molecule has 0 spiro atoms. The molecule has 0 atom stereocenters. The van der Waals surface area contributed by atoms with Crippen LogP contribution in [0.2, 0.25) is 4.47 Å². The van der Waals surface area contributed by atoms with Crippen LogP contribution in [-0.4, -0.2) is 12.1 Å². The van der Waals surface area contributed by atoms with E-state index in [2.05, 4.69) is 20.9 Å². The zero-order valence-electron chi connectivity index (χ0n) is 6.67. The maximum Gasteiger partial charge on any atom is 0.184 e. The van der Waals surface area contributed by atoms with Gasteiger partial charge in [-0.1, -0.05) is 11.6 Å². The van der Waals surface area contributed by atoms with Gasteiger partial charge < -0.3 is 4.74 Å². The topological polar surface area (TPSA) is 22.1 Å². The number of fused-ring (bicyclic) bond motifs is 1. The lowest BCUT2D eigenvalue weighted by Crippen LogP contribution is -1.83. The summed E-state index contributed by atoms with van der Waals surface area (Å²) < 4.78 is 7.63. The van der Waals surface area contributed by atoms with E-state index in [1.54, 1.807) is 7.11 Å². The summed E-state index contributed by atoms with van der Waals surface area (Å²) in [6.07, 6.45) is 0. The van der Waals surface area contributed by atoms with Crippen molar-refractivity contribution in [1.29, 1.82) is 0 Å². The Morgan fingerprint density at radius 3 is 3.00 bits per heavy atom. The van der Waals surface area contributed by atoms with Gasteiger partial charge in [0.25, 0.3) is 0 Å². The average molecular weight is 279 g/mol. The summed E-state index contributed by atoms with van der Waals surface area (Å²) in [4.78, 5) is 4.15. The Hall–Kier alpha value is -0.320. The fraction of sp³-hybridized carbons (Fsp3) is 0.125. The van der Waals surface area contributed by atoms with Crippen LogP contribution in [-0.2, 0) is 0 Å². The van der Waals surface area contributed by atoms with E-state index < -0.39 is 0 Å². The van der Waals surface area contributed by atoms with E-state index in [0.717, 1.165) is 20.4 Å². The molecule has 0 aliphatic rings. The van der Waals surface area contributed by atoms with Gasteiger partial charge in [-0.3, -0.25) is 0 Å². The van der Waals surface area contributed by atoms with E-state index in [1.807, 2.05) is 12.1 Å². The molecule has 2 rings (SSSR count). The highest BCUT2D eigenvalue weighted by Crippen LogP contribution is 2.34.